The lowest BCUT2D eigenvalue weighted by Gasteiger charge is -2.30. The lowest BCUT2D eigenvalue weighted by molar-refractivity contribution is -0.164. The number of benzene rings is 1. The van der Waals surface area contributed by atoms with Crippen LogP contribution in [0, 0.1) is 0 Å². The molecule has 1 aliphatic rings. The van der Waals surface area contributed by atoms with Gasteiger partial charge in [0.05, 0.1) is 5.56 Å². The van der Waals surface area contributed by atoms with Crippen LogP contribution in [0.15, 0.2) is 18.2 Å². The maximum absolute atomic E-state index is 13.5. The Balaban J connectivity index is 0.00000105. The lowest BCUT2D eigenvalue weighted by Crippen LogP contribution is -2.38. The molecule has 0 aliphatic heterocycles. The Morgan fingerprint density at radius 2 is 1.69 bits per heavy atom. The number of alkyl halides is 3. The lowest BCUT2D eigenvalue weighted by atomic mass is 9.81. The summed E-state index contributed by atoms with van der Waals surface area (Å²) >= 11 is 0. The summed E-state index contributed by atoms with van der Waals surface area (Å²) < 4.78 is 40.4. The third-order valence-electron chi connectivity index (χ3n) is 4.57. The summed E-state index contributed by atoms with van der Waals surface area (Å²) in [6.45, 7) is 5.27. The predicted molar refractivity (Wildman–Crippen MR) is 93.0 cm³/mol. The van der Waals surface area contributed by atoms with Crippen LogP contribution in [0.5, 0.6) is 0 Å². The summed E-state index contributed by atoms with van der Waals surface area (Å²) in [5.41, 5.74) is -0.153. The molecule has 7 heteroatoms. The van der Waals surface area contributed by atoms with Crippen LogP contribution >= 0.6 is 0 Å². The topological polar surface area (TPSA) is 60.8 Å². The first-order valence-electron chi connectivity index (χ1n) is 8.75. The zero-order valence-electron chi connectivity index (χ0n) is 15.5. The number of carboxylic acid groups (broad SMARTS) is 1. The maximum atomic E-state index is 13.5. The Bertz CT molecular complexity index is 576. The zero-order chi connectivity index (χ0) is 20.0. The summed E-state index contributed by atoms with van der Waals surface area (Å²) in [7, 11) is 0. The minimum Gasteiger partial charge on any atom is -0.483 e. The molecule has 0 atom stereocenters. The second-order valence-electron chi connectivity index (χ2n) is 7.59. The fourth-order valence-electron chi connectivity index (χ4n) is 3.13. The third kappa shape index (κ3) is 6.61. The number of hydroxylamine groups is 2. The second-order valence-corrected chi connectivity index (χ2v) is 7.59. The van der Waals surface area contributed by atoms with Crippen LogP contribution in [0.4, 0.5) is 13.2 Å². The first-order chi connectivity index (χ1) is 12.0. The van der Waals surface area contributed by atoms with Crippen LogP contribution in [0.25, 0.3) is 0 Å². The first-order valence-corrected chi connectivity index (χ1v) is 8.75. The highest BCUT2D eigenvalue weighted by Crippen LogP contribution is 2.41. The minimum atomic E-state index is -4.36. The molecule has 1 aromatic carbocycles. The van der Waals surface area contributed by atoms with Gasteiger partial charge in [-0.05, 0) is 56.7 Å². The van der Waals surface area contributed by atoms with Gasteiger partial charge < -0.3 is 10.3 Å². The monoisotopic (exact) mass is 375 g/mol. The van der Waals surface area contributed by atoms with Crippen molar-refractivity contribution in [2.45, 2.75) is 77.1 Å². The molecule has 148 valence electrons. The molecule has 0 saturated heterocycles. The van der Waals surface area contributed by atoms with Gasteiger partial charge >= 0.3 is 6.18 Å². The molecule has 4 nitrogen and oxygen atoms in total. The molecule has 0 heterocycles. The van der Waals surface area contributed by atoms with E-state index < -0.39 is 17.3 Å². The zero-order valence-corrected chi connectivity index (χ0v) is 15.5. The number of hydrogen-bond donors (Lipinski definition) is 2. The summed E-state index contributed by atoms with van der Waals surface area (Å²) in [5, 5.41) is 18.0. The van der Waals surface area contributed by atoms with Crippen molar-refractivity contribution in [2.24, 2.45) is 0 Å². The van der Waals surface area contributed by atoms with Crippen molar-refractivity contribution in [3.8, 4) is 0 Å². The molecule has 1 aromatic rings. The van der Waals surface area contributed by atoms with Gasteiger partial charge in [0.25, 0.3) is 6.47 Å². The van der Waals surface area contributed by atoms with Gasteiger partial charge in [0, 0.05) is 12.1 Å². The number of rotatable bonds is 3. The van der Waals surface area contributed by atoms with Crippen LogP contribution in [0.1, 0.15) is 75.5 Å². The van der Waals surface area contributed by atoms with Crippen LogP contribution < -0.4 is 0 Å². The molecule has 2 N–H and O–H groups in total. The van der Waals surface area contributed by atoms with Crippen LogP contribution in [0.2, 0.25) is 0 Å². The Morgan fingerprint density at radius 3 is 2.15 bits per heavy atom. The van der Waals surface area contributed by atoms with Crippen LogP contribution in [-0.4, -0.2) is 27.4 Å². The van der Waals surface area contributed by atoms with E-state index in [0.29, 0.717) is 11.1 Å². The van der Waals surface area contributed by atoms with Crippen molar-refractivity contribution in [1.82, 2.24) is 5.06 Å². The van der Waals surface area contributed by atoms with Crippen molar-refractivity contribution in [1.29, 1.82) is 0 Å². The summed E-state index contributed by atoms with van der Waals surface area (Å²) in [4.78, 5) is 8.36. The van der Waals surface area contributed by atoms with Gasteiger partial charge in [-0.1, -0.05) is 31.4 Å². The van der Waals surface area contributed by atoms with Gasteiger partial charge in [-0.25, -0.2) is 0 Å². The average molecular weight is 375 g/mol. The molecule has 2 rings (SSSR count). The van der Waals surface area contributed by atoms with Crippen LogP contribution in [0.3, 0.4) is 0 Å². The standard InChI is InChI=1S/C18H26F3NO.CH2O2/c1-17(2,3)22(23)12-13-9-10-15(14-7-5-4-6-8-14)16(11-13)18(19,20)21;2-1-3/h9-11,14,23H,4-8,12H2,1-3H3;1H,(H,2,3). The van der Waals surface area contributed by atoms with E-state index in [-0.39, 0.29) is 18.9 Å². The molecule has 26 heavy (non-hydrogen) atoms. The van der Waals surface area contributed by atoms with Crippen molar-refractivity contribution in [3.05, 3.63) is 34.9 Å². The minimum absolute atomic E-state index is 0.00210. The fourth-order valence-corrected chi connectivity index (χ4v) is 3.13. The summed E-state index contributed by atoms with van der Waals surface area (Å²) in [5.74, 6) is 0.00210. The van der Waals surface area contributed by atoms with E-state index in [4.69, 9.17) is 9.90 Å². The summed E-state index contributed by atoms with van der Waals surface area (Å²) in [6, 6.07) is 4.54. The molecule has 0 radical (unpaired) electrons. The highest BCUT2D eigenvalue weighted by atomic mass is 19.4. The maximum Gasteiger partial charge on any atom is 0.416 e. The number of nitrogens with zero attached hydrogens (tertiary/aromatic N) is 1. The van der Waals surface area contributed by atoms with Crippen molar-refractivity contribution in [3.63, 3.8) is 0 Å². The Hall–Kier alpha value is -1.60. The smallest absolute Gasteiger partial charge is 0.416 e. The van der Waals surface area contributed by atoms with E-state index in [0.717, 1.165) is 37.2 Å². The Morgan fingerprint density at radius 1 is 1.15 bits per heavy atom. The van der Waals surface area contributed by atoms with E-state index >= 15 is 0 Å². The van der Waals surface area contributed by atoms with E-state index in [1.807, 2.05) is 20.8 Å². The number of halogens is 3. The summed E-state index contributed by atoms with van der Waals surface area (Å²) in [6.07, 6.45) is 0.412. The molecule has 0 unspecified atom stereocenters. The molecular formula is C19H28F3NO3. The predicted octanol–water partition coefficient (Wildman–Crippen LogP) is 5.44. The number of carbonyl (C=O) groups is 1. The van der Waals surface area contributed by atoms with Gasteiger partial charge in [-0.2, -0.15) is 18.2 Å². The molecule has 0 spiro atoms. The van der Waals surface area contributed by atoms with Gasteiger partial charge in [0.2, 0.25) is 0 Å². The van der Waals surface area contributed by atoms with E-state index in [9.17, 15) is 18.4 Å². The quantitative estimate of drug-likeness (QED) is 0.545. The van der Waals surface area contributed by atoms with E-state index in [2.05, 4.69) is 0 Å². The van der Waals surface area contributed by atoms with Crippen molar-refractivity contribution < 1.29 is 28.3 Å². The fraction of sp³-hybridized carbons (Fsp3) is 0.632. The highest BCUT2D eigenvalue weighted by molar-refractivity contribution is 5.37. The molecule has 1 saturated carbocycles. The molecule has 0 bridgehead atoms. The first kappa shape index (κ1) is 22.4. The second kappa shape index (κ2) is 9.37. The number of hydrogen-bond acceptors (Lipinski definition) is 3. The van der Waals surface area contributed by atoms with Gasteiger partial charge in [0.15, 0.2) is 0 Å². The Labute approximate surface area is 152 Å². The average Bonchev–Trinajstić information content (AvgIpc) is 2.54. The molecule has 0 aromatic heterocycles. The molecule has 1 fully saturated rings. The molecule has 1 aliphatic carbocycles. The van der Waals surface area contributed by atoms with Gasteiger partial charge in [0.1, 0.15) is 0 Å². The largest absolute Gasteiger partial charge is 0.483 e. The molecule has 0 amide bonds. The third-order valence-corrected chi connectivity index (χ3v) is 4.57. The van der Waals surface area contributed by atoms with Crippen LogP contribution in [-0.2, 0) is 17.5 Å². The van der Waals surface area contributed by atoms with Crippen molar-refractivity contribution in [2.75, 3.05) is 0 Å². The molecular weight excluding hydrogens is 347 g/mol. The van der Waals surface area contributed by atoms with Gasteiger partial charge in [-0.15, -0.1) is 0 Å². The Kier molecular flexibility index (Phi) is 8.09. The normalized spacial score (nSPS) is 16.2. The van der Waals surface area contributed by atoms with E-state index in [1.54, 1.807) is 12.1 Å². The highest BCUT2D eigenvalue weighted by Gasteiger charge is 2.36. The van der Waals surface area contributed by atoms with Crippen molar-refractivity contribution >= 4 is 6.47 Å². The SMILES string of the molecule is CC(C)(C)N(O)Cc1ccc(C2CCCCC2)c(C(F)(F)F)c1.O=CO. The van der Waals surface area contributed by atoms with Gasteiger partial charge in [-0.3, -0.25) is 4.79 Å². The van der Waals surface area contributed by atoms with E-state index in [1.165, 1.54) is 6.07 Å².